The zero-order chi connectivity index (χ0) is 11.6. The Morgan fingerprint density at radius 3 is 2.60 bits per heavy atom. The first-order valence-electron chi connectivity index (χ1n) is 4.89. The van der Waals surface area contributed by atoms with Gasteiger partial charge in [-0.05, 0) is 12.3 Å². The monoisotopic (exact) mass is 211 g/mol. The lowest BCUT2D eigenvalue weighted by Gasteiger charge is -2.18. The molecule has 1 rings (SSSR count). The van der Waals surface area contributed by atoms with Gasteiger partial charge in [0.15, 0.2) is 0 Å². The summed E-state index contributed by atoms with van der Waals surface area (Å²) in [6.07, 6.45) is 0. The molecular formula is C10H17N3O2. The highest BCUT2D eigenvalue weighted by molar-refractivity contribution is 5.90. The first kappa shape index (κ1) is 11.6. The molecule has 0 atom stereocenters. The Hall–Kier alpha value is -1.52. The van der Waals surface area contributed by atoms with Crippen LogP contribution in [0.2, 0.25) is 0 Å². The Kier molecular flexibility index (Phi) is 3.02. The summed E-state index contributed by atoms with van der Waals surface area (Å²) in [6.45, 7) is 8.00. The van der Waals surface area contributed by atoms with Crippen LogP contribution in [0.25, 0.3) is 0 Å². The fourth-order valence-electron chi connectivity index (χ4n) is 1.47. The molecule has 3 N–H and O–H groups in total. The zero-order valence-electron chi connectivity index (χ0n) is 9.55. The van der Waals surface area contributed by atoms with Gasteiger partial charge in [-0.3, -0.25) is 5.10 Å². The van der Waals surface area contributed by atoms with Gasteiger partial charge in [0.1, 0.15) is 11.5 Å². The minimum absolute atomic E-state index is 0.237. The minimum Gasteiger partial charge on any atom is -0.461 e. The molecule has 0 spiro atoms. The number of rotatable bonds is 2. The van der Waals surface area contributed by atoms with Gasteiger partial charge in [0, 0.05) is 5.56 Å². The summed E-state index contributed by atoms with van der Waals surface area (Å²) < 4.78 is 4.91. The van der Waals surface area contributed by atoms with Gasteiger partial charge in [0.2, 0.25) is 0 Å². The van der Waals surface area contributed by atoms with Gasteiger partial charge < -0.3 is 10.5 Å². The Balaban J connectivity index is 3.15. The van der Waals surface area contributed by atoms with E-state index in [1.807, 2.05) is 20.8 Å². The Bertz CT molecular complexity index is 363. The number of anilines is 1. The van der Waals surface area contributed by atoms with E-state index in [0.717, 1.165) is 0 Å². The van der Waals surface area contributed by atoms with Gasteiger partial charge in [0.05, 0.1) is 6.61 Å². The molecule has 1 aromatic rings. The fourth-order valence-corrected chi connectivity index (χ4v) is 1.47. The molecule has 15 heavy (non-hydrogen) atoms. The van der Waals surface area contributed by atoms with Crippen LogP contribution in [0.15, 0.2) is 0 Å². The van der Waals surface area contributed by atoms with Crippen molar-refractivity contribution >= 4 is 11.8 Å². The highest BCUT2D eigenvalue weighted by atomic mass is 16.5. The average molecular weight is 211 g/mol. The number of carbonyl (C=O) groups is 1. The van der Waals surface area contributed by atoms with E-state index in [1.54, 1.807) is 6.92 Å². The van der Waals surface area contributed by atoms with Gasteiger partial charge >= 0.3 is 5.97 Å². The number of ether oxygens (including phenoxy) is 1. The van der Waals surface area contributed by atoms with Gasteiger partial charge in [-0.1, -0.05) is 20.8 Å². The molecule has 1 heterocycles. The minimum atomic E-state index is -0.411. The molecule has 84 valence electrons. The van der Waals surface area contributed by atoms with Crippen LogP contribution in [0.5, 0.6) is 0 Å². The van der Waals surface area contributed by atoms with Gasteiger partial charge in [0.25, 0.3) is 0 Å². The SMILES string of the molecule is CCOC(=O)c1[nH]nc(N)c1C(C)(C)C. The number of aromatic amines is 1. The molecule has 0 radical (unpaired) electrons. The summed E-state index contributed by atoms with van der Waals surface area (Å²) in [6, 6.07) is 0. The molecule has 0 fully saturated rings. The van der Waals surface area contributed by atoms with Crippen LogP contribution in [0, 0.1) is 0 Å². The van der Waals surface area contributed by atoms with Crippen LogP contribution < -0.4 is 5.73 Å². The molecule has 5 nitrogen and oxygen atoms in total. The van der Waals surface area contributed by atoms with E-state index in [2.05, 4.69) is 10.2 Å². The second-order valence-corrected chi connectivity index (χ2v) is 4.33. The van der Waals surface area contributed by atoms with Crippen molar-refractivity contribution < 1.29 is 9.53 Å². The van der Waals surface area contributed by atoms with Crippen molar-refractivity contribution in [3.63, 3.8) is 0 Å². The topological polar surface area (TPSA) is 81.0 Å². The average Bonchev–Trinajstić information content (AvgIpc) is 2.46. The number of aromatic nitrogens is 2. The Morgan fingerprint density at radius 1 is 1.53 bits per heavy atom. The maximum atomic E-state index is 11.6. The van der Waals surface area contributed by atoms with Gasteiger partial charge in [-0.25, -0.2) is 4.79 Å². The van der Waals surface area contributed by atoms with Crippen LogP contribution in [0.3, 0.4) is 0 Å². The molecule has 0 amide bonds. The number of nitrogens with one attached hydrogen (secondary N) is 1. The summed E-state index contributed by atoms with van der Waals surface area (Å²) in [7, 11) is 0. The van der Waals surface area contributed by atoms with Crippen molar-refractivity contribution in [1.29, 1.82) is 0 Å². The Labute approximate surface area is 89.0 Å². The highest BCUT2D eigenvalue weighted by Gasteiger charge is 2.28. The first-order chi connectivity index (χ1) is 6.88. The number of hydrogen-bond acceptors (Lipinski definition) is 4. The van der Waals surface area contributed by atoms with E-state index in [-0.39, 0.29) is 5.41 Å². The molecule has 0 aliphatic carbocycles. The smallest absolute Gasteiger partial charge is 0.356 e. The molecular weight excluding hydrogens is 194 g/mol. The summed E-state index contributed by atoms with van der Waals surface area (Å²) in [5.74, 6) is -0.0582. The lowest BCUT2D eigenvalue weighted by atomic mass is 9.86. The van der Waals surface area contributed by atoms with Crippen molar-refractivity contribution in [3.05, 3.63) is 11.3 Å². The molecule has 0 aliphatic rings. The van der Waals surface area contributed by atoms with Gasteiger partial charge in [-0.2, -0.15) is 5.10 Å². The van der Waals surface area contributed by atoms with Crippen LogP contribution in [0.1, 0.15) is 43.7 Å². The predicted molar refractivity (Wildman–Crippen MR) is 57.7 cm³/mol. The van der Waals surface area contributed by atoms with Crippen LogP contribution in [-0.2, 0) is 10.2 Å². The largest absolute Gasteiger partial charge is 0.461 e. The fraction of sp³-hybridized carbons (Fsp3) is 0.600. The third-order valence-electron chi connectivity index (χ3n) is 2.02. The lowest BCUT2D eigenvalue weighted by Crippen LogP contribution is -2.18. The first-order valence-corrected chi connectivity index (χ1v) is 4.89. The maximum absolute atomic E-state index is 11.6. The highest BCUT2D eigenvalue weighted by Crippen LogP contribution is 2.29. The Morgan fingerprint density at radius 2 is 2.13 bits per heavy atom. The zero-order valence-corrected chi connectivity index (χ0v) is 9.55. The van der Waals surface area contributed by atoms with Crippen LogP contribution in [-0.4, -0.2) is 22.8 Å². The van der Waals surface area contributed by atoms with Crippen LogP contribution in [0.4, 0.5) is 5.82 Å². The van der Waals surface area contributed by atoms with Crippen molar-refractivity contribution in [2.75, 3.05) is 12.3 Å². The molecule has 0 bridgehead atoms. The second kappa shape index (κ2) is 3.92. The predicted octanol–water partition coefficient (Wildman–Crippen LogP) is 1.47. The number of esters is 1. The number of nitrogens with two attached hydrogens (primary N) is 1. The molecule has 0 saturated heterocycles. The number of nitrogen functional groups attached to an aromatic ring is 1. The van der Waals surface area contributed by atoms with Crippen molar-refractivity contribution in [2.45, 2.75) is 33.1 Å². The van der Waals surface area contributed by atoms with Crippen LogP contribution >= 0.6 is 0 Å². The van der Waals surface area contributed by atoms with E-state index in [1.165, 1.54) is 0 Å². The van der Waals surface area contributed by atoms with E-state index < -0.39 is 5.97 Å². The van der Waals surface area contributed by atoms with Crippen molar-refractivity contribution in [1.82, 2.24) is 10.2 Å². The quantitative estimate of drug-likeness (QED) is 0.726. The van der Waals surface area contributed by atoms with E-state index in [0.29, 0.717) is 23.7 Å². The maximum Gasteiger partial charge on any atom is 0.356 e. The van der Waals surface area contributed by atoms with E-state index in [4.69, 9.17) is 10.5 Å². The summed E-state index contributed by atoms with van der Waals surface area (Å²) in [4.78, 5) is 11.6. The van der Waals surface area contributed by atoms with E-state index >= 15 is 0 Å². The summed E-state index contributed by atoms with van der Waals surface area (Å²) in [5, 5.41) is 6.45. The lowest BCUT2D eigenvalue weighted by molar-refractivity contribution is 0.0516. The molecule has 5 heteroatoms. The number of H-pyrrole nitrogens is 1. The second-order valence-electron chi connectivity index (χ2n) is 4.33. The third kappa shape index (κ3) is 2.29. The number of hydrogen-bond donors (Lipinski definition) is 2. The van der Waals surface area contributed by atoms with Gasteiger partial charge in [-0.15, -0.1) is 0 Å². The molecule has 0 saturated carbocycles. The number of carbonyl (C=O) groups excluding carboxylic acids is 1. The molecule has 1 aromatic heterocycles. The standard InChI is InChI=1S/C10H17N3O2/c1-5-15-9(14)7-6(10(2,3)4)8(11)13-12-7/h5H2,1-4H3,(H3,11,12,13). The van der Waals surface area contributed by atoms with E-state index in [9.17, 15) is 4.79 Å². The molecule has 0 aromatic carbocycles. The molecule has 0 unspecified atom stereocenters. The molecule has 0 aliphatic heterocycles. The number of nitrogens with zero attached hydrogens (tertiary/aromatic N) is 1. The summed E-state index contributed by atoms with van der Waals surface area (Å²) >= 11 is 0. The van der Waals surface area contributed by atoms with Crippen molar-refractivity contribution in [2.24, 2.45) is 0 Å². The summed E-state index contributed by atoms with van der Waals surface area (Å²) in [5.41, 5.74) is 6.53. The normalized spacial score (nSPS) is 11.5. The third-order valence-corrected chi connectivity index (χ3v) is 2.02. The van der Waals surface area contributed by atoms with Crippen molar-refractivity contribution in [3.8, 4) is 0 Å².